The average Bonchev–Trinajstić information content (AvgIpc) is 3.25. The molecule has 32 heavy (non-hydrogen) atoms. The van der Waals surface area contributed by atoms with Gasteiger partial charge in [-0.05, 0) is 12.1 Å². The summed E-state index contributed by atoms with van der Waals surface area (Å²) in [6.07, 6.45) is -7.25. The molecule has 0 amide bonds. The van der Waals surface area contributed by atoms with E-state index in [1.165, 1.54) is 19.2 Å². The van der Waals surface area contributed by atoms with E-state index in [0.29, 0.717) is 28.0 Å². The van der Waals surface area contributed by atoms with Crippen LogP contribution in [0.1, 0.15) is 0 Å². The van der Waals surface area contributed by atoms with Gasteiger partial charge in [0.15, 0.2) is 11.5 Å². The van der Waals surface area contributed by atoms with Crippen molar-refractivity contribution in [2.75, 3.05) is 20.5 Å². The number of rotatable bonds is 4. The van der Waals surface area contributed by atoms with Crippen LogP contribution in [0.2, 0.25) is 0 Å². The fourth-order valence-corrected chi connectivity index (χ4v) is 3.91. The Morgan fingerprint density at radius 1 is 1.00 bits per heavy atom. The summed E-state index contributed by atoms with van der Waals surface area (Å²) in [6.45, 7) is -0.550. The van der Waals surface area contributed by atoms with Crippen LogP contribution in [0.15, 0.2) is 33.5 Å². The molecule has 11 nitrogen and oxygen atoms in total. The zero-order valence-corrected chi connectivity index (χ0v) is 16.8. The Morgan fingerprint density at radius 3 is 2.41 bits per heavy atom. The minimum absolute atomic E-state index is 0.0448. The predicted octanol–water partition coefficient (Wildman–Crippen LogP) is -0.138. The lowest BCUT2D eigenvalue weighted by molar-refractivity contribution is -0.277. The Balaban J connectivity index is 1.59. The maximum Gasteiger partial charge on any atom is 0.344 e. The van der Waals surface area contributed by atoms with Crippen molar-refractivity contribution in [1.29, 1.82) is 0 Å². The SMILES string of the molecule is COc1cc(O[C@@H]2O[C@H](CO)[C@@H](O)[C@H](O)[C@H]2O)cc2oc(=O)c3cc4c(cc3c12)OCO4. The van der Waals surface area contributed by atoms with Crippen LogP contribution >= 0.6 is 0 Å². The molecule has 2 aliphatic heterocycles. The topological polar surface area (TPSA) is 157 Å². The molecule has 1 aromatic heterocycles. The normalized spacial score (nSPS) is 27.1. The third-order valence-electron chi connectivity index (χ3n) is 5.56. The van der Waals surface area contributed by atoms with Gasteiger partial charge in [-0.15, -0.1) is 0 Å². The van der Waals surface area contributed by atoms with E-state index in [2.05, 4.69) is 0 Å². The molecule has 1 saturated heterocycles. The molecule has 0 spiro atoms. The van der Waals surface area contributed by atoms with E-state index in [1.54, 1.807) is 12.1 Å². The highest BCUT2D eigenvalue weighted by Crippen LogP contribution is 2.41. The molecule has 11 heteroatoms. The highest BCUT2D eigenvalue weighted by molar-refractivity contribution is 6.09. The molecule has 5 atom stereocenters. The first kappa shape index (κ1) is 20.8. The van der Waals surface area contributed by atoms with Crippen LogP contribution in [0.3, 0.4) is 0 Å². The summed E-state index contributed by atoms with van der Waals surface area (Å²) in [5, 5.41) is 40.8. The van der Waals surface area contributed by atoms with Gasteiger partial charge < -0.3 is 48.5 Å². The van der Waals surface area contributed by atoms with Gasteiger partial charge in [-0.3, -0.25) is 0 Å². The standard InChI is InChI=1S/C21H20O11/c1-27-13-2-8(30-21-19(25)18(24)17(23)15(6-22)32-21)3-14-16(13)9-4-11-12(29-7-28-11)5-10(9)20(26)31-14/h2-5,15,17-19,21-25H,6-7H2,1H3/t15-,17-,18+,19-,21-/m1/s1. The molecule has 0 radical (unpaired) electrons. The molecule has 0 saturated carbocycles. The second kappa shape index (κ2) is 7.80. The third kappa shape index (κ3) is 3.22. The number of hydrogen-bond donors (Lipinski definition) is 4. The summed E-state index contributed by atoms with van der Waals surface area (Å²) in [5.41, 5.74) is -0.474. The van der Waals surface area contributed by atoms with E-state index in [-0.39, 0.29) is 23.5 Å². The molecule has 0 unspecified atom stereocenters. The Kier molecular flexibility index (Phi) is 5.07. The number of ether oxygens (including phenoxy) is 5. The van der Waals surface area contributed by atoms with Crippen LogP contribution in [0.5, 0.6) is 23.0 Å². The van der Waals surface area contributed by atoms with Gasteiger partial charge in [-0.25, -0.2) is 4.79 Å². The van der Waals surface area contributed by atoms with Crippen molar-refractivity contribution >= 4 is 21.7 Å². The van der Waals surface area contributed by atoms with Gasteiger partial charge in [0.1, 0.15) is 41.5 Å². The number of aliphatic hydroxyl groups excluding tert-OH is 4. The van der Waals surface area contributed by atoms with Crippen molar-refractivity contribution < 1.29 is 48.5 Å². The van der Waals surface area contributed by atoms with Crippen LogP contribution in [0, 0.1) is 0 Å². The van der Waals surface area contributed by atoms with Crippen LogP contribution in [-0.2, 0) is 4.74 Å². The van der Waals surface area contributed by atoms with Gasteiger partial charge >= 0.3 is 5.63 Å². The maximum atomic E-state index is 12.6. The van der Waals surface area contributed by atoms with Gasteiger partial charge in [-0.2, -0.15) is 0 Å². The van der Waals surface area contributed by atoms with Crippen molar-refractivity contribution in [3.8, 4) is 23.0 Å². The summed E-state index contributed by atoms with van der Waals surface area (Å²) in [7, 11) is 1.43. The molecule has 170 valence electrons. The summed E-state index contributed by atoms with van der Waals surface area (Å²) < 4.78 is 32.7. The second-order valence-electron chi connectivity index (χ2n) is 7.45. The Morgan fingerprint density at radius 2 is 1.72 bits per heavy atom. The van der Waals surface area contributed by atoms with Gasteiger partial charge in [0.05, 0.1) is 24.5 Å². The van der Waals surface area contributed by atoms with Gasteiger partial charge in [0.2, 0.25) is 13.1 Å². The molecule has 3 heterocycles. The van der Waals surface area contributed by atoms with E-state index in [9.17, 15) is 25.2 Å². The zero-order chi connectivity index (χ0) is 22.6. The second-order valence-corrected chi connectivity index (χ2v) is 7.45. The molecular weight excluding hydrogens is 428 g/mol. The number of aliphatic hydroxyl groups is 4. The average molecular weight is 448 g/mol. The van der Waals surface area contributed by atoms with Crippen LogP contribution in [-0.4, -0.2) is 71.6 Å². The van der Waals surface area contributed by atoms with Crippen LogP contribution < -0.4 is 24.6 Å². The van der Waals surface area contributed by atoms with E-state index in [1.807, 2.05) is 0 Å². The van der Waals surface area contributed by atoms with Gasteiger partial charge in [0, 0.05) is 17.5 Å². The first-order valence-electron chi connectivity index (χ1n) is 9.76. The summed E-state index contributed by atoms with van der Waals surface area (Å²) in [5.74, 6) is 1.32. The minimum Gasteiger partial charge on any atom is -0.496 e. The molecule has 1 fully saturated rings. The van der Waals surface area contributed by atoms with E-state index >= 15 is 0 Å². The molecule has 0 aliphatic carbocycles. The van der Waals surface area contributed by atoms with Gasteiger partial charge in [-0.1, -0.05) is 0 Å². The maximum absolute atomic E-state index is 12.6. The van der Waals surface area contributed by atoms with Crippen molar-refractivity contribution in [3.63, 3.8) is 0 Å². The summed E-state index contributed by atoms with van der Waals surface area (Å²) in [4.78, 5) is 12.6. The van der Waals surface area contributed by atoms with Crippen molar-refractivity contribution in [1.82, 2.24) is 0 Å². The highest BCUT2D eigenvalue weighted by Gasteiger charge is 2.44. The molecule has 4 N–H and O–H groups in total. The van der Waals surface area contributed by atoms with Gasteiger partial charge in [0.25, 0.3) is 0 Å². The highest BCUT2D eigenvalue weighted by atomic mass is 16.7. The van der Waals surface area contributed by atoms with Crippen molar-refractivity contribution in [2.24, 2.45) is 0 Å². The number of hydrogen-bond acceptors (Lipinski definition) is 11. The lowest BCUT2D eigenvalue weighted by Crippen LogP contribution is -2.60. The summed E-state index contributed by atoms with van der Waals surface area (Å²) >= 11 is 0. The molecule has 0 bridgehead atoms. The Hall–Kier alpha value is -3.09. The Bertz CT molecular complexity index is 1230. The quantitative estimate of drug-likeness (QED) is 0.311. The van der Waals surface area contributed by atoms with E-state index in [0.717, 1.165) is 0 Å². The number of fused-ring (bicyclic) bond motifs is 4. The summed E-state index contributed by atoms with van der Waals surface area (Å²) in [6, 6.07) is 6.11. The smallest absolute Gasteiger partial charge is 0.344 e. The van der Waals surface area contributed by atoms with Crippen LogP contribution in [0.4, 0.5) is 0 Å². The van der Waals surface area contributed by atoms with E-state index in [4.69, 9.17) is 28.1 Å². The molecular formula is C21H20O11. The van der Waals surface area contributed by atoms with Crippen LogP contribution in [0.25, 0.3) is 21.7 Å². The molecule has 3 aromatic rings. The molecule has 2 aliphatic rings. The van der Waals surface area contributed by atoms with Crippen molar-refractivity contribution in [3.05, 3.63) is 34.7 Å². The minimum atomic E-state index is -1.60. The largest absolute Gasteiger partial charge is 0.496 e. The fourth-order valence-electron chi connectivity index (χ4n) is 3.91. The first-order chi connectivity index (χ1) is 15.4. The van der Waals surface area contributed by atoms with E-state index < -0.39 is 42.9 Å². The van der Waals surface area contributed by atoms with Crippen molar-refractivity contribution in [2.45, 2.75) is 30.7 Å². The number of benzene rings is 2. The monoisotopic (exact) mass is 448 g/mol. The predicted molar refractivity (Wildman–Crippen MR) is 107 cm³/mol. The lowest BCUT2D eigenvalue weighted by Gasteiger charge is -2.39. The third-order valence-corrected chi connectivity index (χ3v) is 5.56. The lowest BCUT2D eigenvalue weighted by atomic mass is 9.99. The fraction of sp³-hybridized carbons (Fsp3) is 0.381. The molecule has 2 aromatic carbocycles. The zero-order valence-electron chi connectivity index (χ0n) is 16.8. The first-order valence-corrected chi connectivity index (χ1v) is 9.76. The molecule has 5 rings (SSSR count). The Labute approximate surface area is 179 Å². The number of methoxy groups -OCH3 is 1.